The number of nitrogens with one attached hydrogen (secondary N) is 1. The van der Waals surface area contributed by atoms with E-state index in [1.54, 1.807) is 7.11 Å². The molecule has 0 aromatic heterocycles. The van der Waals surface area contributed by atoms with Gasteiger partial charge in [-0.15, -0.1) is 0 Å². The maximum Gasteiger partial charge on any atom is 0.133 e. The number of hydrogen-bond donors (Lipinski definition) is 1. The number of rotatable bonds is 2. The van der Waals surface area contributed by atoms with Crippen molar-refractivity contribution in [1.82, 2.24) is 0 Å². The zero-order chi connectivity index (χ0) is 12.5. The molecule has 0 bridgehead atoms. The van der Waals surface area contributed by atoms with Crippen molar-refractivity contribution in [3.05, 3.63) is 58.1 Å². The summed E-state index contributed by atoms with van der Waals surface area (Å²) >= 11 is 3.54. The molecule has 3 rings (SSSR count). The number of halogens is 1. The number of anilines is 1. The molecule has 2 aromatic carbocycles. The van der Waals surface area contributed by atoms with Gasteiger partial charge >= 0.3 is 0 Å². The van der Waals surface area contributed by atoms with Crippen molar-refractivity contribution in [3.8, 4) is 5.75 Å². The third kappa shape index (κ3) is 1.99. The number of methoxy groups -OCH3 is 1. The molecule has 0 aliphatic carbocycles. The van der Waals surface area contributed by atoms with Crippen LogP contribution in [0.3, 0.4) is 0 Å². The Bertz CT molecular complexity index is 557. The first-order valence-corrected chi connectivity index (χ1v) is 6.75. The summed E-state index contributed by atoms with van der Waals surface area (Å²) < 4.78 is 6.26. The summed E-state index contributed by atoms with van der Waals surface area (Å²) in [5.74, 6) is 0.870. The molecule has 1 aliphatic heterocycles. The maximum atomic E-state index is 5.26. The average Bonchev–Trinajstić information content (AvgIpc) is 2.82. The summed E-state index contributed by atoms with van der Waals surface area (Å²) in [5, 5.41) is 3.55. The molecule has 1 aliphatic rings. The van der Waals surface area contributed by atoms with E-state index in [0.29, 0.717) is 6.04 Å². The molecule has 1 unspecified atom stereocenters. The van der Waals surface area contributed by atoms with Crippen LogP contribution in [0.15, 0.2) is 46.9 Å². The molecule has 1 N–H and O–H groups in total. The lowest BCUT2D eigenvalue weighted by Gasteiger charge is -2.13. The lowest BCUT2D eigenvalue weighted by atomic mass is 10.0. The fourth-order valence-electron chi connectivity index (χ4n) is 2.40. The standard InChI is InChI=1S/C15H14BrNO/c1-18-15-7-6-11(8-12(15)16)14-9-10-4-2-3-5-13(10)17-14/h2-8,14,17H,9H2,1H3. The highest BCUT2D eigenvalue weighted by Gasteiger charge is 2.21. The Morgan fingerprint density at radius 1 is 1.22 bits per heavy atom. The molecule has 1 atom stereocenters. The van der Waals surface area contributed by atoms with Crippen molar-refractivity contribution >= 4 is 21.6 Å². The summed E-state index contributed by atoms with van der Waals surface area (Å²) in [6.45, 7) is 0. The van der Waals surface area contributed by atoms with Gasteiger partial charge in [0, 0.05) is 5.69 Å². The fourth-order valence-corrected chi connectivity index (χ4v) is 2.96. The third-order valence-electron chi connectivity index (χ3n) is 3.35. The van der Waals surface area contributed by atoms with Crippen molar-refractivity contribution < 1.29 is 4.74 Å². The van der Waals surface area contributed by atoms with Crippen LogP contribution in [0.1, 0.15) is 17.2 Å². The Morgan fingerprint density at radius 3 is 2.78 bits per heavy atom. The largest absolute Gasteiger partial charge is 0.496 e. The first-order valence-electron chi connectivity index (χ1n) is 5.96. The van der Waals surface area contributed by atoms with Crippen molar-refractivity contribution in [2.24, 2.45) is 0 Å². The summed E-state index contributed by atoms with van der Waals surface area (Å²) in [7, 11) is 1.68. The molecule has 18 heavy (non-hydrogen) atoms. The van der Waals surface area contributed by atoms with Gasteiger partial charge in [0.2, 0.25) is 0 Å². The monoisotopic (exact) mass is 303 g/mol. The summed E-state index contributed by atoms with van der Waals surface area (Å²) in [6, 6.07) is 15.1. The van der Waals surface area contributed by atoms with E-state index in [1.165, 1.54) is 16.8 Å². The Balaban J connectivity index is 1.88. The van der Waals surface area contributed by atoms with Crippen LogP contribution in [0.2, 0.25) is 0 Å². The molecule has 0 spiro atoms. The summed E-state index contributed by atoms with van der Waals surface area (Å²) in [5.41, 5.74) is 3.91. The Hall–Kier alpha value is -1.48. The van der Waals surface area contributed by atoms with Gasteiger partial charge in [-0.3, -0.25) is 0 Å². The quantitative estimate of drug-likeness (QED) is 0.899. The van der Waals surface area contributed by atoms with Gasteiger partial charge in [-0.2, -0.15) is 0 Å². The van der Waals surface area contributed by atoms with E-state index in [9.17, 15) is 0 Å². The summed E-state index contributed by atoms with van der Waals surface area (Å²) in [4.78, 5) is 0. The zero-order valence-corrected chi connectivity index (χ0v) is 11.7. The first kappa shape index (κ1) is 11.6. The van der Waals surface area contributed by atoms with E-state index in [1.807, 2.05) is 6.07 Å². The van der Waals surface area contributed by atoms with Crippen LogP contribution in [0.5, 0.6) is 5.75 Å². The van der Waals surface area contributed by atoms with Crippen LogP contribution in [0.25, 0.3) is 0 Å². The minimum Gasteiger partial charge on any atom is -0.496 e. The molecule has 1 heterocycles. The molecule has 3 heteroatoms. The highest BCUT2D eigenvalue weighted by Crippen LogP contribution is 2.36. The van der Waals surface area contributed by atoms with Gasteiger partial charge in [0.05, 0.1) is 17.6 Å². The summed E-state index contributed by atoms with van der Waals surface area (Å²) in [6.07, 6.45) is 1.04. The number of benzene rings is 2. The fraction of sp³-hybridized carbons (Fsp3) is 0.200. The highest BCUT2D eigenvalue weighted by atomic mass is 79.9. The average molecular weight is 304 g/mol. The van der Waals surface area contributed by atoms with Gasteiger partial charge in [-0.25, -0.2) is 0 Å². The molecule has 0 saturated carbocycles. The zero-order valence-electron chi connectivity index (χ0n) is 10.1. The number of fused-ring (bicyclic) bond motifs is 1. The highest BCUT2D eigenvalue weighted by molar-refractivity contribution is 9.10. The normalized spacial score (nSPS) is 17.1. The van der Waals surface area contributed by atoms with E-state index < -0.39 is 0 Å². The van der Waals surface area contributed by atoms with Gasteiger partial charge in [0.1, 0.15) is 5.75 Å². The van der Waals surface area contributed by atoms with Crippen LogP contribution < -0.4 is 10.1 Å². The van der Waals surface area contributed by atoms with Gasteiger partial charge in [-0.1, -0.05) is 24.3 Å². The van der Waals surface area contributed by atoms with E-state index in [2.05, 4.69) is 57.6 Å². The second-order valence-electron chi connectivity index (χ2n) is 4.45. The maximum absolute atomic E-state index is 5.26. The minimum atomic E-state index is 0.351. The van der Waals surface area contributed by atoms with Crippen LogP contribution in [-0.2, 0) is 6.42 Å². The van der Waals surface area contributed by atoms with Gasteiger partial charge < -0.3 is 10.1 Å². The van der Waals surface area contributed by atoms with E-state index in [-0.39, 0.29) is 0 Å². The van der Waals surface area contributed by atoms with Crippen molar-refractivity contribution in [2.45, 2.75) is 12.5 Å². The molecular formula is C15H14BrNO. The van der Waals surface area contributed by atoms with Crippen molar-refractivity contribution in [2.75, 3.05) is 12.4 Å². The molecule has 0 radical (unpaired) electrons. The van der Waals surface area contributed by atoms with Gasteiger partial charge in [-0.05, 0) is 51.7 Å². The minimum absolute atomic E-state index is 0.351. The van der Waals surface area contributed by atoms with Gasteiger partial charge in [0.25, 0.3) is 0 Å². The van der Waals surface area contributed by atoms with Crippen molar-refractivity contribution in [3.63, 3.8) is 0 Å². The topological polar surface area (TPSA) is 21.3 Å². The van der Waals surface area contributed by atoms with E-state index >= 15 is 0 Å². The number of para-hydroxylation sites is 1. The Morgan fingerprint density at radius 2 is 2.06 bits per heavy atom. The van der Waals surface area contributed by atoms with Crippen LogP contribution in [-0.4, -0.2) is 7.11 Å². The number of ether oxygens (including phenoxy) is 1. The lowest BCUT2D eigenvalue weighted by Crippen LogP contribution is -2.05. The number of hydrogen-bond acceptors (Lipinski definition) is 2. The molecule has 0 saturated heterocycles. The van der Waals surface area contributed by atoms with Crippen LogP contribution in [0, 0.1) is 0 Å². The van der Waals surface area contributed by atoms with E-state index in [0.717, 1.165) is 16.6 Å². The molecule has 2 aromatic rings. The SMILES string of the molecule is COc1ccc(C2Cc3ccccc3N2)cc1Br. The predicted octanol–water partition coefficient (Wildman–Crippen LogP) is 4.17. The molecule has 0 amide bonds. The molecule has 2 nitrogen and oxygen atoms in total. The second-order valence-corrected chi connectivity index (χ2v) is 5.31. The second kappa shape index (κ2) is 4.65. The lowest BCUT2D eigenvalue weighted by molar-refractivity contribution is 0.412. The van der Waals surface area contributed by atoms with E-state index in [4.69, 9.17) is 4.74 Å². The predicted molar refractivity (Wildman–Crippen MR) is 77.2 cm³/mol. The van der Waals surface area contributed by atoms with Crippen LogP contribution in [0.4, 0.5) is 5.69 Å². The molecular weight excluding hydrogens is 290 g/mol. The molecule has 92 valence electrons. The molecule has 0 fully saturated rings. The smallest absolute Gasteiger partial charge is 0.133 e. The third-order valence-corrected chi connectivity index (χ3v) is 3.97. The Labute approximate surface area is 115 Å². The van der Waals surface area contributed by atoms with Crippen molar-refractivity contribution in [1.29, 1.82) is 0 Å². The van der Waals surface area contributed by atoms with Crippen LogP contribution >= 0.6 is 15.9 Å². The Kier molecular flexibility index (Phi) is 3.00. The first-order chi connectivity index (χ1) is 8.78. The van der Waals surface area contributed by atoms with Gasteiger partial charge in [0.15, 0.2) is 0 Å².